The Kier molecular flexibility index (Phi) is 4.53. The van der Waals surface area contributed by atoms with Crippen LogP contribution >= 0.6 is 0 Å². The molecule has 3 nitrogen and oxygen atoms in total. The molecule has 0 radical (unpaired) electrons. The molecule has 4 heteroatoms. The van der Waals surface area contributed by atoms with Gasteiger partial charge < -0.3 is 9.47 Å². The number of fused-ring (bicyclic) bond motifs is 1. The topological polar surface area (TPSA) is 21.7 Å². The Bertz CT molecular complexity index is 702. The third-order valence-electron chi connectivity index (χ3n) is 4.58. The predicted molar refractivity (Wildman–Crippen MR) is 88.7 cm³/mol. The molecule has 0 saturated carbocycles. The molecule has 0 aromatic heterocycles. The Hall–Kier alpha value is -2.07. The summed E-state index contributed by atoms with van der Waals surface area (Å²) in [6, 6.07) is 10.9. The molecule has 23 heavy (non-hydrogen) atoms. The normalized spacial score (nSPS) is 17.7. The number of rotatable bonds is 4. The highest BCUT2D eigenvalue weighted by atomic mass is 19.1. The second-order valence-electron chi connectivity index (χ2n) is 5.71. The van der Waals surface area contributed by atoms with Crippen LogP contribution in [0.5, 0.6) is 11.5 Å². The zero-order valence-corrected chi connectivity index (χ0v) is 13.8. The van der Waals surface area contributed by atoms with E-state index in [1.807, 2.05) is 24.3 Å². The molecule has 0 fully saturated rings. The molecule has 0 amide bonds. The van der Waals surface area contributed by atoms with Gasteiger partial charge in [0.2, 0.25) is 0 Å². The summed E-state index contributed by atoms with van der Waals surface area (Å²) >= 11 is 0. The highest BCUT2D eigenvalue weighted by molar-refractivity contribution is 5.51. The van der Waals surface area contributed by atoms with Crippen LogP contribution in [0.15, 0.2) is 36.4 Å². The van der Waals surface area contributed by atoms with Crippen LogP contribution in [-0.4, -0.2) is 32.2 Å². The molecular weight excluding hydrogens is 293 g/mol. The van der Waals surface area contributed by atoms with E-state index in [0.29, 0.717) is 11.3 Å². The first-order valence-corrected chi connectivity index (χ1v) is 7.92. The lowest BCUT2D eigenvalue weighted by molar-refractivity contribution is 0.220. The number of halogens is 1. The maximum Gasteiger partial charge on any atom is 0.161 e. The average molecular weight is 315 g/mol. The maximum atomic E-state index is 14.4. The summed E-state index contributed by atoms with van der Waals surface area (Å²) in [5, 5.41) is 0. The number of benzene rings is 2. The average Bonchev–Trinajstić information content (AvgIpc) is 2.60. The smallest absolute Gasteiger partial charge is 0.161 e. The van der Waals surface area contributed by atoms with Crippen LogP contribution in [0.1, 0.15) is 29.7 Å². The molecule has 122 valence electrons. The number of hydrogen-bond acceptors (Lipinski definition) is 3. The number of hydrogen-bond donors (Lipinski definition) is 0. The number of ether oxygens (including phenoxy) is 2. The summed E-state index contributed by atoms with van der Waals surface area (Å²) in [4.78, 5) is 2.30. The Morgan fingerprint density at radius 1 is 1.09 bits per heavy atom. The first-order valence-electron chi connectivity index (χ1n) is 7.92. The summed E-state index contributed by atoms with van der Waals surface area (Å²) in [5.74, 6) is 1.24. The van der Waals surface area contributed by atoms with Gasteiger partial charge >= 0.3 is 0 Å². The molecule has 0 spiro atoms. The van der Waals surface area contributed by atoms with E-state index in [-0.39, 0.29) is 11.9 Å². The minimum absolute atomic E-state index is 0.0928. The van der Waals surface area contributed by atoms with Crippen molar-refractivity contribution >= 4 is 0 Å². The molecule has 1 atom stereocenters. The fraction of sp³-hybridized carbons (Fsp3) is 0.368. The van der Waals surface area contributed by atoms with Gasteiger partial charge in [-0.2, -0.15) is 0 Å². The van der Waals surface area contributed by atoms with E-state index in [9.17, 15) is 4.39 Å². The van der Waals surface area contributed by atoms with Gasteiger partial charge in [0.05, 0.1) is 20.3 Å². The standard InChI is InChI=1S/C19H22FNO2/c1-4-21-10-9-13-11-17(22-2)18(23-3)12-15(13)19(21)14-7-5-6-8-16(14)20/h5-8,11-12,19H,4,9-10H2,1-3H3. The SMILES string of the molecule is CCN1CCc2cc(OC)c(OC)cc2C1c1ccccc1F. The molecule has 1 heterocycles. The highest BCUT2D eigenvalue weighted by Gasteiger charge is 2.30. The Labute approximate surface area is 136 Å². The van der Waals surface area contributed by atoms with Crippen LogP contribution in [0.3, 0.4) is 0 Å². The van der Waals surface area contributed by atoms with Crippen molar-refractivity contribution in [3.8, 4) is 11.5 Å². The van der Waals surface area contributed by atoms with Gasteiger partial charge in [0, 0.05) is 12.1 Å². The van der Waals surface area contributed by atoms with Gasteiger partial charge in [-0.25, -0.2) is 4.39 Å². The van der Waals surface area contributed by atoms with E-state index < -0.39 is 0 Å². The van der Waals surface area contributed by atoms with E-state index in [1.165, 1.54) is 11.6 Å². The minimum Gasteiger partial charge on any atom is -0.493 e. The molecule has 1 unspecified atom stereocenters. The van der Waals surface area contributed by atoms with Crippen molar-refractivity contribution in [2.75, 3.05) is 27.3 Å². The quantitative estimate of drug-likeness (QED) is 0.856. The van der Waals surface area contributed by atoms with Crippen molar-refractivity contribution in [1.29, 1.82) is 0 Å². The zero-order valence-electron chi connectivity index (χ0n) is 13.8. The molecule has 2 aromatic carbocycles. The van der Waals surface area contributed by atoms with E-state index in [0.717, 1.165) is 30.8 Å². The molecule has 0 aliphatic carbocycles. The molecule has 0 saturated heterocycles. The van der Waals surface area contributed by atoms with Gasteiger partial charge in [-0.05, 0) is 42.3 Å². The summed E-state index contributed by atoms with van der Waals surface area (Å²) in [6.07, 6.45) is 0.925. The second-order valence-corrected chi connectivity index (χ2v) is 5.71. The third-order valence-corrected chi connectivity index (χ3v) is 4.58. The summed E-state index contributed by atoms with van der Waals surface area (Å²) < 4.78 is 25.3. The van der Waals surface area contributed by atoms with E-state index in [2.05, 4.69) is 11.8 Å². The lowest BCUT2D eigenvalue weighted by atomic mass is 9.87. The fourth-order valence-electron chi connectivity index (χ4n) is 3.40. The van der Waals surface area contributed by atoms with Crippen LogP contribution in [0.25, 0.3) is 0 Å². The largest absolute Gasteiger partial charge is 0.493 e. The lowest BCUT2D eigenvalue weighted by Crippen LogP contribution is -2.36. The summed E-state index contributed by atoms with van der Waals surface area (Å²) in [7, 11) is 3.27. The van der Waals surface area contributed by atoms with E-state index >= 15 is 0 Å². The van der Waals surface area contributed by atoms with Crippen LogP contribution in [0.4, 0.5) is 4.39 Å². The molecular formula is C19H22FNO2. The van der Waals surface area contributed by atoms with Gasteiger partial charge in [-0.1, -0.05) is 25.1 Å². The second kappa shape index (κ2) is 6.59. The predicted octanol–water partition coefficient (Wildman–Crippen LogP) is 3.81. The van der Waals surface area contributed by atoms with Gasteiger partial charge in [-0.3, -0.25) is 4.90 Å². The Morgan fingerprint density at radius 3 is 2.43 bits per heavy atom. The first-order chi connectivity index (χ1) is 11.2. The highest BCUT2D eigenvalue weighted by Crippen LogP contribution is 2.41. The van der Waals surface area contributed by atoms with Crippen LogP contribution in [0.2, 0.25) is 0 Å². The Morgan fingerprint density at radius 2 is 1.78 bits per heavy atom. The third kappa shape index (κ3) is 2.79. The minimum atomic E-state index is -0.168. The molecule has 0 bridgehead atoms. The van der Waals surface area contributed by atoms with Crippen molar-refractivity contribution in [1.82, 2.24) is 4.90 Å². The Balaban J connectivity index is 2.17. The van der Waals surface area contributed by atoms with Crippen molar-refractivity contribution in [3.63, 3.8) is 0 Å². The van der Waals surface area contributed by atoms with Gasteiger partial charge in [0.25, 0.3) is 0 Å². The van der Waals surface area contributed by atoms with Crippen molar-refractivity contribution < 1.29 is 13.9 Å². The number of nitrogens with zero attached hydrogens (tertiary/aromatic N) is 1. The van der Waals surface area contributed by atoms with Crippen molar-refractivity contribution in [2.45, 2.75) is 19.4 Å². The van der Waals surface area contributed by atoms with E-state index in [1.54, 1.807) is 20.3 Å². The van der Waals surface area contributed by atoms with Crippen LogP contribution in [0, 0.1) is 5.82 Å². The summed E-state index contributed by atoms with van der Waals surface area (Å²) in [5.41, 5.74) is 3.00. The maximum absolute atomic E-state index is 14.4. The van der Waals surface area contributed by atoms with Gasteiger partial charge in [-0.15, -0.1) is 0 Å². The van der Waals surface area contributed by atoms with Crippen LogP contribution < -0.4 is 9.47 Å². The summed E-state index contributed by atoms with van der Waals surface area (Å²) in [6.45, 7) is 3.88. The number of likely N-dealkylation sites (N-methyl/N-ethyl adjacent to an activating group) is 1. The zero-order chi connectivity index (χ0) is 16.4. The van der Waals surface area contributed by atoms with Gasteiger partial charge in [0.15, 0.2) is 11.5 Å². The molecule has 0 N–H and O–H groups in total. The monoisotopic (exact) mass is 315 g/mol. The fourth-order valence-corrected chi connectivity index (χ4v) is 3.40. The van der Waals surface area contributed by atoms with Crippen molar-refractivity contribution in [2.24, 2.45) is 0 Å². The molecule has 3 rings (SSSR count). The van der Waals surface area contributed by atoms with E-state index in [4.69, 9.17) is 9.47 Å². The lowest BCUT2D eigenvalue weighted by Gasteiger charge is -2.37. The van der Waals surface area contributed by atoms with Crippen molar-refractivity contribution in [3.05, 3.63) is 58.9 Å². The first kappa shape index (κ1) is 15.8. The van der Waals surface area contributed by atoms with Crippen LogP contribution in [-0.2, 0) is 6.42 Å². The van der Waals surface area contributed by atoms with Gasteiger partial charge in [0.1, 0.15) is 5.82 Å². The molecule has 1 aliphatic heterocycles. The molecule has 1 aliphatic rings. The molecule has 2 aromatic rings. The number of methoxy groups -OCH3 is 2.